The van der Waals surface area contributed by atoms with Gasteiger partial charge in [-0.2, -0.15) is 13.2 Å². The third-order valence-electron chi connectivity index (χ3n) is 7.19. The van der Waals surface area contributed by atoms with E-state index in [1.165, 1.54) is 11.8 Å². The zero-order chi connectivity index (χ0) is 35.9. The molecule has 1 saturated heterocycles. The summed E-state index contributed by atoms with van der Waals surface area (Å²) in [6.45, 7) is 9.41. The molecule has 0 spiro atoms. The Morgan fingerprint density at radius 2 is 1.50 bits per heavy atom. The van der Waals surface area contributed by atoms with Crippen molar-refractivity contribution < 1.29 is 47.0 Å². The van der Waals surface area contributed by atoms with Gasteiger partial charge in [-0.3, -0.25) is 29.0 Å². The molecule has 0 bridgehead atoms. The maximum atomic E-state index is 13.5. The summed E-state index contributed by atoms with van der Waals surface area (Å²) in [5.74, 6) is -5.92. The largest absolute Gasteiger partial charge is 0.490 e. The zero-order valence-electron chi connectivity index (χ0n) is 26.7. The molecule has 6 atom stereocenters. The monoisotopic (exact) mass is 667 g/mol. The number of aliphatic carboxylic acids is 1. The Balaban J connectivity index is 0.00000258. The van der Waals surface area contributed by atoms with E-state index < -0.39 is 71.9 Å². The minimum absolute atomic E-state index is 0.0446. The zero-order valence-corrected chi connectivity index (χ0v) is 26.7. The quantitative estimate of drug-likeness (QED) is 0.0578. The number of alkyl halides is 3. The van der Waals surface area contributed by atoms with E-state index in [1.54, 1.807) is 13.8 Å². The Kier molecular flexibility index (Phi) is 17.6. The fourth-order valence-electron chi connectivity index (χ4n) is 4.23. The number of carbonyl (C=O) groups excluding carboxylic acids is 5. The molecule has 1 aliphatic rings. The van der Waals surface area contributed by atoms with Gasteiger partial charge in [0.1, 0.15) is 24.2 Å². The van der Waals surface area contributed by atoms with Gasteiger partial charge in [-0.15, -0.1) is 0 Å². The summed E-state index contributed by atoms with van der Waals surface area (Å²) in [6.07, 6.45) is -2.67. The van der Waals surface area contributed by atoms with Gasteiger partial charge in [0.25, 0.3) is 0 Å². The first kappa shape index (κ1) is 41.8. The number of likely N-dealkylation sites (tertiary alicyclic amines) is 1. The number of aliphatic imine (C=N–C) groups is 1. The molecule has 0 aromatic carbocycles. The molecule has 1 aliphatic heterocycles. The van der Waals surface area contributed by atoms with Crippen LogP contribution in [0.2, 0.25) is 0 Å². The molecule has 1 heterocycles. The lowest BCUT2D eigenvalue weighted by Gasteiger charge is -2.32. The highest BCUT2D eigenvalue weighted by atomic mass is 19.4. The Hall–Kier alpha value is -4.16. The van der Waals surface area contributed by atoms with Gasteiger partial charge in [0.15, 0.2) is 5.96 Å². The highest BCUT2D eigenvalue weighted by Crippen LogP contribution is 2.21. The SMILES string of the molecule is CC[C@H](C)[C@H](NC(=O)[C@@H](N)CCCN=C(N)N)C(=O)N[C@H](C(=O)N1CCC[C@H]1C(=O)N[C@@H](C)C(N)=O)C(C)C.O=C(O)C(F)(F)F. The Bertz CT molecular complexity index is 1100. The summed E-state index contributed by atoms with van der Waals surface area (Å²) in [5.41, 5.74) is 21.9. The number of carboxylic acid groups (broad SMARTS) is 1. The molecule has 0 radical (unpaired) electrons. The van der Waals surface area contributed by atoms with Crippen LogP contribution in [0.4, 0.5) is 13.2 Å². The number of carboxylic acids is 1. The first-order valence-corrected chi connectivity index (χ1v) is 14.8. The predicted molar refractivity (Wildman–Crippen MR) is 161 cm³/mol. The van der Waals surface area contributed by atoms with Crippen LogP contribution < -0.4 is 38.9 Å². The van der Waals surface area contributed by atoms with Crippen molar-refractivity contribution in [2.75, 3.05) is 13.1 Å². The molecule has 46 heavy (non-hydrogen) atoms. The van der Waals surface area contributed by atoms with Crippen molar-refractivity contribution in [1.82, 2.24) is 20.9 Å². The average molecular weight is 668 g/mol. The number of nitrogens with one attached hydrogen (secondary N) is 3. The van der Waals surface area contributed by atoms with Gasteiger partial charge in [0.05, 0.1) is 6.04 Å². The normalized spacial score (nSPS) is 17.7. The van der Waals surface area contributed by atoms with E-state index in [0.29, 0.717) is 45.2 Å². The highest BCUT2D eigenvalue weighted by Gasteiger charge is 2.40. The topological polar surface area (TPSA) is 278 Å². The van der Waals surface area contributed by atoms with E-state index in [2.05, 4.69) is 20.9 Å². The summed E-state index contributed by atoms with van der Waals surface area (Å²) >= 11 is 0. The van der Waals surface area contributed by atoms with Crippen LogP contribution in [0.15, 0.2) is 4.99 Å². The van der Waals surface area contributed by atoms with Gasteiger partial charge >= 0.3 is 12.1 Å². The second-order valence-electron chi connectivity index (χ2n) is 11.3. The number of primary amides is 1. The van der Waals surface area contributed by atoms with Gasteiger partial charge in [0, 0.05) is 13.1 Å². The molecule has 0 aliphatic carbocycles. The van der Waals surface area contributed by atoms with Crippen molar-refractivity contribution in [2.45, 2.75) is 103 Å². The number of rotatable bonds is 15. The van der Waals surface area contributed by atoms with Gasteiger partial charge in [-0.25, -0.2) is 4.79 Å². The van der Waals surface area contributed by atoms with Crippen LogP contribution in [0, 0.1) is 11.8 Å². The molecule has 0 aromatic rings. The lowest BCUT2D eigenvalue weighted by Crippen LogP contribution is -2.60. The second kappa shape index (κ2) is 19.4. The highest BCUT2D eigenvalue weighted by molar-refractivity contribution is 5.96. The summed E-state index contributed by atoms with van der Waals surface area (Å²) in [5, 5.41) is 15.2. The number of carbonyl (C=O) groups is 6. The Morgan fingerprint density at radius 1 is 0.957 bits per heavy atom. The smallest absolute Gasteiger partial charge is 0.475 e. The van der Waals surface area contributed by atoms with Crippen molar-refractivity contribution in [3.8, 4) is 0 Å². The third-order valence-corrected chi connectivity index (χ3v) is 7.19. The summed E-state index contributed by atoms with van der Waals surface area (Å²) < 4.78 is 31.7. The fourth-order valence-corrected chi connectivity index (χ4v) is 4.23. The lowest BCUT2D eigenvalue weighted by molar-refractivity contribution is -0.192. The minimum Gasteiger partial charge on any atom is -0.475 e. The number of nitrogens with zero attached hydrogens (tertiary/aromatic N) is 2. The first-order valence-electron chi connectivity index (χ1n) is 14.8. The van der Waals surface area contributed by atoms with Gasteiger partial charge in [0.2, 0.25) is 29.5 Å². The third kappa shape index (κ3) is 14.3. The number of guanidine groups is 1. The molecule has 1 fully saturated rings. The minimum atomic E-state index is -5.08. The average Bonchev–Trinajstić information content (AvgIpc) is 3.45. The number of halogens is 3. The van der Waals surface area contributed by atoms with Gasteiger partial charge in [-0.1, -0.05) is 34.1 Å². The molecule has 1 rings (SSSR count). The van der Waals surface area contributed by atoms with E-state index in [-0.39, 0.29) is 17.8 Å². The van der Waals surface area contributed by atoms with Crippen LogP contribution in [-0.2, 0) is 28.8 Å². The molecular formula is C27H48F3N9O7. The van der Waals surface area contributed by atoms with Crippen molar-refractivity contribution in [3.05, 3.63) is 0 Å². The second-order valence-corrected chi connectivity index (χ2v) is 11.3. The molecule has 12 N–H and O–H groups in total. The molecule has 0 aromatic heterocycles. The van der Waals surface area contributed by atoms with Crippen molar-refractivity contribution in [3.63, 3.8) is 0 Å². The lowest BCUT2D eigenvalue weighted by atomic mass is 9.95. The van der Waals surface area contributed by atoms with Crippen molar-refractivity contribution in [1.29, 1.82) is 0 Å². The van der Waals surface area contributed by atoms with E-state index in [1.807, 2.05) is 13.8 Å². The van der Waals surface area contributed by atoms with E-state index >= 15 is 0 Å². The number of hydrogen-bond acceptors (Lipinski definition) is 8. The van der Waals surface area contributed by atoms with Crippen LogP contribution >= 0.6 is 0 Å². The summed E-state index contributed by atoms with van der Waals surface area (Å²) in [7, 11) is 0. The maximum Gasteiger partial charge on any atom is 0.490 e. The summed E-state index contributed by atoms with van der Waals surface area (Å²) in [4.78, 5) is 78.0. The molecule has 19 heteroatoms. The standard InChI is InChI=1S/C25H47N9O5.C2HF3O2/c1-6-14(4)19(33-21(36)16(26)9-7-11-30-25(28)29)23(38)32-18(13(2)3)24(39)34-12-8-10-17(34)22(37)31-15(5)20(27)35;3-2(4,5)1(6)7/h13-19H,6-12,26H2,1-5H3,(H2,27,35)(H,31,37)(H,32,38)(H,33,36)(H4,28,29,30);(H,6,7)/t14-,15-,16-,17-,18-,19-;/m0./s1. The predicted octanol–water partition coefficient (Wildman–Crippen LogP) is -1.35. The van der Waals surface area contributed by atoms with Crippen LogP contribution in [-0.4, -0.2) is 101 Å². The molecule has 5 amide bonds. The van der Waals surface area contributed by atoms with Crippen molar-refractivity contribution >= 4 is 41.5 Å². The maximum absolute atomic E-state index is 13.5. The van der Waals surface area contributed by atoms with E-state index in [4.69, 9.17) is 32.8 Å². The van der Waals surface area contributed by atoms with Crippen LogP contribution in [0.25, 0.3) is 0 Å². The van der Waals surface area contributed by atoms with Crippen LogP contribution in [0.3, 0.4) is 0 Å². The molecule has 16 nitrogen and oxygen atoms in total. The summed E-state index contributed by atoms with van der Waals surface area (Å²) in [6, 6.07) is -4.38. The first-order chi connectivity index (χ1) is 21.1. The number of amides is 5. The van der Waals surface area contributed by atoms with Crippen LogP contribution in [0.5, 0.6) is 0 Å². The van der Waals surface area contributed by atoms with Crippen molar-refractivity contribution in [2.24, 2.45) is 39.8 Å². The molecule has 264 valence electrons. The molecule has 0 saturated carbocycles. The molecule has 0 unspecified atom stereocenters. The Morgan fingerprint density at radius 3 is 1.96 bits per heavy atom. The van der Waals surface area contributed by atoms with Crippen LogP contribution in [0.1, 0.15) is 66.7 Å². The number of nitrogens with two attached hydrogens (primary N) is 4. The number of hydrogen-bond donors (Lipinski definition) is 8. The molecular weight excluding hydrogens is 619 g/mol. The van der Waals surface area contributed by atoms with E-state index in [9.17, 15) is 37.1 Å². The fraction of sp³-hybridized carbons (Fsp3) is 0.741. The van der Waals surface area contributed by atoms with Gasteiger partial charge in [-0.05, 0) is 44.4 Å². The van der Waals surface area contributed by atoms with E-state index in [0.717, 1.165) is 0 Å². The Labute approximate surface area is 265 Å². The van der Waals surface area contributed by atoms with Gasteiger partial charge < -0.3 is 48.9 Å².